The fourth-order valence-electron chi connectivity index (χ4n) is 1.76. The molecule has 0 saturated carbocycles. The average Bonchev–Trinajstić information content (AvgIpc) is 2.34. The number of halogens is 2. The molecule has 0 unspecified atom stereocenters. The number of carbonyl (C=O) groups is 1. The van der Waals surface area contributed by atoms with Gasteiger partial charge in [0, 0.05) is 12.6 Å². The monoisotopic (exact) mass is 266 g/mol. The van der Waals surface area contributed by atoms with Crippen LogP contribution in [0.15, 0.2) is 12.1 Å². The summed E-state index contributed by atoms with van der Waals surface area (Å²) in [5.41, 5.74) is -0.333. The third-order valence-electron chi connectivity index (χ3n) is 2.85. The van der Waals surface area contributed by atoms with Crippen molar-refractivity contribution in [2.45, 2.75) is 33.2 Å². The van der Waals surface area contributed by atoms with Gasteiger partial charge in [0.15, 0.2) is 0 Å². The molecule has 0 radical (unpaired) electrons. The second-order valence-electron chi connectivity index (χ2n) is 4.55. The van der Waals surface area contributed by atoms with Crippen LogP contribution >= 0.6 is 0 Å². The Bertz CT molecular complexity index is 521. The van der Waals surface area contributed by atoms with Crippen molar-refractivity contribution in [2.24, 2.45) is 0 Å². The molecule has 0 fully saturated rings. The van der Waals surface area contributed by atoms with Gasteiger partial charge in [0.1, 0.15) is 17.2 Å². The lowest BCUT2D eigenvalue weighted by atomic mass is 10.1. The van der Waals surface area contributed by atoms with Gasteiger partial charge in [0.05, 0.1) is 12.5 Å². The highest BCUT2D eigenvalue weighted by Gasteiger charge is 2.25. The maximum atomic E-state index is 13.9. The molecule has 0 atom stereocenters. The van der Waals surface area contributed by atoms with Crippen molar-refractivity contribution in [3.63, 3.8) is 0 Å². The highest BCUT2D eigenvalue weighted by molar-refractivity contribution is 5.95. The number of nitriles is 1. The Balaban J connectivity index is 3.17. The number of hydrogen-bond donors (Lipinski definition) is 0. The minimum absolute atomic E-state index is 0.124. The van der Waals surface area contributed by atoms with E-state index in [1.807, 2.05) is 6.07 Å². The Labute approximate surface area is 111 Å². The van der Waals surface area contributed by atoms with Crippen LogP contribution in [0.25, 0.3) is 0 Å². The largest absolute Gasteiger partial charge is 0.335 e. The molecule has 19 heavy (non-hydrogen) atoms. The van der Waals surface area contributed by atoms with Crippen LogP contribution in [0.3, 0.4) is 0 Å². The summed E-state index contributed by atoms with van der Waals surface area (Å²) in [6.07, 6.45) is 0.124. The van der Waals surface area contributed by atoms with Crippen LogP contribution < -0.4 is 0 Å². The van der Waals surface area contributed by atoms with E-state index in [9.17, 15) is 13.6 Å². The maximum absolute atomic E-state index is 13.9. The standard InChI is InChI=1S/C14H16F2N2O/c1-9(2)18(8-4-7-17)14(19)12-11(15)6-5-10(3)13(12)16/h5-6,9H,4,8H2,1-3H3. The van der Waals surface area contributed by atoms with E-state index in [-0.39, 0.29) is 24.6 Å². The van der Waals surface area contributed by atoms with Gasteiger partial charge in [0.25, 0.3) is 5.91 Å². The predicted octanol–water partition coefficient (Wildman–Crippen LogP) is 3.04. The van der Waals surface area contributed by atoms with E-state index in [0.717, 1.165) is 6.07 Å². The van der Waals surface area contributed by atoms with E-state index in [1.54, 1.807) is 13.8 Å². The first kappa shape index (κ1) is 15.1. The first-order valence-electron chi connectivity index (χ1n) is 6.02. The summed E-state index contributed by atoms with van der Waals surface area (Å²) in [7, 11) is 0. The molecule has 0 saturated heterocycles. The highest BCUT2D eigenvalue weighted by Crippen LogP contribution is 2.19. The molecule has 0 aliphatic heterocycles. The van der Waals surface area contributed by atoms with E-state index in [1.165, 1.54) is 17.9 Å². The summed E-state index contributed by atoms with van der Waals surface area (Å²) in [6, 6.07) is 4.05. The van der Waals surface area contributed by atoms with E-state index < -0.39 is 23.1 Å². The van der Waals surface area contributed by atoms with Gasteiger partial charge in [-0.2, -0.15) is 5.26 Å². The summed E-state index contributed by atoms with van der Waals surface area (Å²) in [5, 5.41) is 8.57. The van der Waals surface area contributed by atoms with Gasteiger partial charge in [-0.3, -0.25) is 4.79 Å². The molecule has 0 bridgehead atoms. The van der Waals surface area contributed by atoms with Crippen molar-refractivity contribution >= 4 is 5.91 Å². The minimum atomic E-state index is -0.879. The van der Waals surface area contributed by atoms with Crippen molar-refractivity contribution in [3.8, 4) is 6.07 Å². The molecule has 1 aromatic carbocycles. The number of nitrogens with zero attached hydrogens (tertiary/aromatic N) is 2. The molecule has 0 N–H and O–H groups in total. The Kier molecular flexibility index (Phi) is 4.99. The van der Waals surface area contributed by atoms with Gasteiger partial charge < -0.3 is 4.90 Å². The lowest BCUT2D eigenvalue weighted by Gasteiger charge is -2.26. The Morgan fingerprint density at radius 3 is 2.58 bits per heavy atom. The fourth-order valence-corrected chi connectivity index (χ4v) is 1.76. The molecule has 1 aromatic rings. The zero-order valence-corrected chi connectivity index (χ0v) is 11.2. The topological polar surface area (TPSA) is 44.1 Å². The Hall–Kier alpha value is -1.96. The second kappa shape index (κ2) is 6.28. The molecule has 1 rings (SSSR count). The molecule has 0 heterocycles. The van der Waals surface area contributed by atoms with Crippen molar-refractivity contribution in [2.75, 3.05) is 6.54 Å². The molecule has 5 heteroatoms. The molecule has 0 spiro atoms. The third kappa shape index (κ3) is 3.28. The third-order valence-corrected chi connectivity index (χ3v) is 2.85. The minimum Gasteiger partial charge on any atom is -0.335 e. The molecule has 0 aliphatic rings. The predicted molar refractivity (Wildman–Crippen MR) is 67.5 cm³/mol. The first-order chi connectivity index (χ1) is 8.90. The molecular weight excluding hydrogens is 250 g/mol. The van der Waals surface area contributed by atoms with Crippen LogP contribution in [-0.2, 0) is 0 Å². The lowest BCUT2D eigenvalue weighted by Crippen LogP contribution is -2.38. The molecule has 102 valence electrons. The summed E-state index contributed by atoms with van der Waals surface area (Å²) < 4.78 is 27.6. The van der Waals surface area contributed by atoms with Crippen LogP contribution in [0.4, 0.5) is 8.78 Å². The second-order valence-corrected chi connectivity index (χ2v) is 4.55. The molecule has 1 amide bonds. The van der Waals surface area contributed by atoms with Crippen molar-refractivity contribution in [1.29, 1.82) is 5.26 Å². The number of aryl methyl sites for hydroxylation is 1. The van der Waals surface area contributed by atoms with Gasteiger partial charge in [-0.1, -0.05) is 6.07 Å². The van der Waals surface area contributed by atoms with E-state index >= 15 is 0 Å². The summed E-state index contributed by atoms with van der Waals surface area (Å²) in [4.78, 5) is 13.5. The molecule has 0 aromatic heterocycles. The quantitative estimate of drug-likeness (QED) is 0.840. The van der Waals surface area contributed by atoms with E-state index in [2.05, 4.69) is 0 Å². The molecule has 3 nitrogen and oxygen atoms in total. The van der Waals surface area contributed by atoms with Crippen molar-refractivity contribution in [3.05, 3.63) is 34.9 Å². The average molecular weight is 266 g/mol. The maximum Gasteiger partial charge on any atom is 0.260 e. The Morgan fingerprint density at radius 2 is 2.05 bits per heavy atom. The summed E-state index contributed by atoms with van der Waals surface area (Å²) in [5.74, 6) is -2.44. The van der Waals surface area contributed by atoms with Crippen LogP contribution in [0, 0.1) is 29.9 Å². The van der Waals surface area contributed by atoms with Gasteiger partial charge in [-0.15, -0.1) is 0 Å². The molecular formula is C14H16F2N2O. The van der Waals surface area contributed by atoms with Crippen LogP contribution in [0.5, 0.6) is 0 Å². The zero-order valence-electron chi connectivity index (χ0n) is 11.2. The van der Waals surface area contributed by atoms with Crippen LogP contribution in [0.1, 0.15) is 36.2 Å². The first-order valence-corrected chi connectivity index (χ1v) is 6.02. The number of carbonyl (C=O) groups excluding carboxylic acids is 1. The van der Waals surface area contributed by atoms with Gasteiger partial charge in [-0.25, -0.2) is 8.78 Å². The SMILES string of the molecule is Cc1ccc(F)c(C(=O)N(CCC#N)C(C)C)c1F. The normalized spacial score (nSPS) is 10.4. The van der Waals surface area contributed by atoms with Crippen molar-refractivity contribution in [1.82, 2.24) is 4.90 Å². The number of rotatable bonds is 4. The Morgan fingerprint density at radius 1 is 1.42 bits per heavy atom. The molecule has 0 aliphatic carbocycles. The van der Waals surface area contributed by atoms with Gasteiger partial charge >= 0.3 is 0 Å². The van der Waals surface area contributed by atoms with Crippen LogP contribution in [0.2, 0.25) is 0 Å². The highest BCUT2D eigenvalue weighted by atomic mass is 19.1. The van der Waals surface area contributed by atoms with E-state index in [0.29, 0.717) is 0 Å². The zero-order chi connectivity index (χ0) is 14.6. The van der Waals surface area contributed by atoms with E-state index in [4.69, 9.17) is 5.26 Å². The van der Waals surface area contributed by atoms with Crippen LogP contribution in [-0.4, -0.2) is 23.4 Å². The smallest absolute Gasteiger partial charge is 0.260 e. The number of hydrogen-bond acceptors (Lipinski definition) is 2. The summed E-state index contributed by atoms with van der Waals surface area (Å²) >= 11 is 0. The van der Waals surface area contributed by atoms with Gasteiger partial charge in [0.2, 0.25) is 0 Å². The summed E-state index contributed by atoms with van der Waals surface area (Å²) in [6.45, 7) is 5.10. The van der Waals surface area contributed by atoms with Crippen molar-refractivity contribution < 1.29 is 13.6 Å². The number of benzene rings is 1. The van der Waals surface area contributed by atoms with Gasteiger partial charge in [-0.05, 0) is 32.4 Å². The fraction of sp³-hybridized carbons (Fsp3) is 0.429. The lowest BCUT2D eigenvalue weighted by molar-refractivity contribution is 0.0700. The number of amides is 1.